The third-order valence-corrected chi connectivity index (χ3v) is 3.85. The minimum Gasteiger partial charge on any atom is -0.394 e. The molecule has 0 spiro atoms. The van der Waals surface area contributed by atoms with Crippen LogP contribution in [-0.4, -0.2) is 11.7 Å². The van der Waals surface area contributed by atoms with Gasteiger partial charge in [0.1, 0.15) is 0 Å². The largest absolute Gasteiger partial charge is 0.394 e. The van der Waals surface area contributed by atoms with Crippen LogP contribution in [0.15, 0.2) is 59.1 Å². The Morgan fingerprint density at radius 3 is 2.26 bits per heavy atom. The Kier molecular flexibility index (Phi) is 4.75. The van der Waals surface area contributed by atoms with E-state index >= 15 is 0 Å². The van der Waals surface area contributed by atoms with Crippen molar-refractivity contribution in [3.63, 3.8) is 0 Å². The fraction of sp³-hybridized carbons (Fsp3) is 0.250. The molecule has 100 valence electrons. The van der Waals surface area contributed by atoms with Gasteiger partial charge in [-0.25, -0.2) is 0 Å². The molecule has 0 aromatic heterocycles. The van der Waals surface area contributed by atoms with Crippen molar-refractivity contribution in [2.45, 2.75) is 19.0 Å². The minimum atomic E-state index is -0.434. The summed E-state index contributed by atoms with van der Waals surface area (Å²) in [5, 5.41) is 13.1. The van der Waals surface area contributed by atoms with Crippen molar-refractivity contribution >= 4 is 15.9 Å². The molecule has 0 heterocycles. The van der Waals surface area contributed by atoms with Gasteiger partial charge in [0, 0.05) is 11.0 Å². The van der Waals surface area contributed by atoms with E-state index in [4.69, 9.17) is 0 Å². The van der Waals surface area contributed by atoms with Crippen molar-refractivity contribution in [2.75, 3.05) is 6.61 Å². The molecule has 0 aliphatic rings. The molecule has 2 rings (SSSR count). The second-order valence-electron chi connectivity index (χ2n) is 4.84. The van der Waals surface area contributed by atoms with Gasteiger partial charge in [0.2, 0.25) is 0 Å². The zero-order chi connectivity index (χ0) is 13.7. The third-order valence-electron chi connectivity index (χ3n) is 3.32. The molecule has 0 amide bonds. The van der Waals surface area contributed by atoms with Gasteiger partial charge in [0.05, 0.1) is 12.1 Å². The molecule has 2 N–H and O–H groups in total. The maximum absolute atomic E-state index is 9.71. The van der Waals surface area contributed by atoms with E-state index in [2.05, 4.69) is 33.4 Å². The molecule has 0 aliphatic heterocycles. The van der Waals surface area contributed by atoms with Gasteiger partial charge in [-0.05, 0) is 30.2 Å². The molecule has 0 saturated carbocycles. The van der Waals surface area contributed by atoms with Crippen LogP contribution in [0, 0.1) is 0 Å². The van der Waals surface area contributed by atoms with E-state index in [0.717, 1.165) is 16.6 Å². The van der Waals surface area contributed by atoms with Gasteiger partial charge in [-0.15, -0.1) is 0 Å². The topological polar surface area (TPSA) is 32.3 Å². The maximum atomic E-state index is 9.71. The summed E-state index contributed by atoms with van der Waals surface area (Å²) < 4.78 is 1.04. The van der Waals surface area contributed by atoms with Crippen molar-refractivity contribution in [3.05, 3.63) is 70.2 Å². The van der Waals surface area contributed by atoms with Crippen LogP contribution in [0.4, 0.5) is 0 Å². The highest BCUT2D eigenvalue weighted by atomic mass is 79.9. The molecule has 0 radical (unpaired) electrons. The van der Waals surface area contributed by atoms with Gasteiger partial charge in [-0.3, -0.25) is 0 Å². The lowest BCUT2D eigenvalue weighted by Gasteiger charge is -2.29. The Labute approximate surface area is 122 Å². The summed E-state index contributed by atoms with van der Waals surface area (Å²) in [7, 11) is 0. The summed E-state index contributed by atoms with van der Waals surface area (Å²) in [5.41, 5.74) is 1.85. The average molecular weight is 320 g/mol. The van der Waals surface area contributed by atoms with Crippen LogP contribution in [0.2, 0.25) is 0 Å². The average Bonchev–Trinajstić information content (AvgIpc) is 2.46. The molecular weight excluding hydrogens is 302 g/mol. The van der Waals surface area contributed by atoms with Crippen LogP contribution in [0.5, 0.6) is 0 Å². The normalized spacial score (nSPS) is 14.1. The van der Waals surface area contributed by atoms with Gasteiger partial charge < -0.3 is 10.4 Å². The maximum Gasteiger partial charge on any atom is 0.0652 e. The SMILES string of the molecule is CC(CO)(NCc1ccccc1)c1ccc(Br)cc1. The smallest absolute Gasteiger partial charge is 0.0652 e. The number of aliphatic hydroxyl groups is 1. The van der Waals surface area contributed by atoms with Crippen molar-refractivity contribution < 1.29 is 5.11 Å². The van der Waals surface area contributed by atoms with Crippen molar-refractivity contribution in [1.29, 1.82) is 0 Å². The molecule has 1 unspecified atom stereocenters. The summed E-state index contributed by atoms with van der Waals surface area (Å²) in [6.45, 7) is 2.80. The highest BCUT2D eigenvalue weighted by Crippen LogP contribution is 2.22. The lowest BCUT2D eigenvalue weighted by atomic mass is 9.92. The zero-order valence-corrected chi connectivity index (χ0v) is 12.5. The molecule has 0 aliphatic carbocycles. The zero-order valence-electron chi connectivity index (χ0n) is 10.9. The van der Waals surface area contributed by atoms with Crippen molar-refractivity contribution in [3.8, 4) is 0 Å². The minimum absolute atomic E-state index is 0.0570. The van der Waals surface area contributed by atoms with Gasteiger partial charge in [0.25, 0.3) is 0 Å². The Balaban J connectivity index is 2.12. The lowest BCUT2D eigenvalue weighted by molar-refractivity contribution is 0.173. The van der Waals surface area contributed by atoms with Gasteiger partial charge >= 0.3 is 0 Å². The van der Waals surface area contributed by atoms with E-state index in [1.54, 1.807) is 0 Å². The van der Waals surface area contributed by atoms with Gasteiger partial charge in [-0.2, -0.15) is 0 Å². The first-order valence-electron chi connectivity index (χ1n) is 6.30. The Morgan fingerprint density at radius 2 is 1.68 bits per heavy atom. The standard InChI is InChI=1S/C16H18BrNO/c1-16(12-19,14-7-9-15(17)10-8-14)18-11-13-5-3-2-4-6-13/h2-10,18-19H,11-12H2,1H3. The molecule has 0 bridgehead atoms. The second-order valence-corrected chi connectivity index (χ2v) is 5.75. The second kappa shape index (κ2) is 6.33. The highest BCUT2D eigenvalue weighted by molar-refractivity contribution is 9.10. The van der Waals surface area contributed by atoms with Crippen LogP contribution < -0.4 is 5.32 Å². The van der Waals surface area contributed by atoms with Crippen LogP contribution in [0.25, 0.3) is 0 Å². The van der Waals surface area contributed by atoms with E-state index in [1.807, 2.05) is 49.4 Å². The summed E-state index contributed by atoms with van der Waals surface area (Å²) in [6, 6.07) is 18.2. The number of hydrogen-bond acceptors (Lipinski definition) is 2. The Bertz CT molecular complexity index is 512. The Morgan fingerprint density at radius 1 is 1.05 bits per heavy atom. The van der Waals surface area contributed by atoms with Crippen LogP contribution in [0.3, 0.4) is 0 Å². The fourth-order valence-corrected chi connectivity index (χ4v) is 2.22. The van der Waals surface area contributed by atoms with E-state index in [0.29, 0.717) is 0 Å². The third kappa shape index (κ3) is 3.66. The quantitative estimate of drug-likeness (QED) is 0.884. The molecule has 2 aromatic rings. The highest BCUT2D eigenvalue weighted by Gasteiger charge is 2.24. The lowest BCUT2D eigenvalue weighted by Crippen LogP contribution is -2.42. The summed E-state index contributed by atoms with van der Waals surface area (Å²) in [4.78, 5) is 0. The fourth-order valence-electron chi connectivity index (χ4n) is 1.96. The van der Waals surface area contributed by atoms with Crippen molar-refractivity contribution in [1.82, 2.24) is 5.32 Å². The molecule has 1 atom stereocenters. The van der Waals surface area contributed by atoms with Crippen molar-refractivity contribution in [2.24, 2.45) is 0 Å². The predicted octanol–water partition coefficient (Wildman–Crippen LogP) is 3.45. The first-order chi connectivity index (χ1) is 9.14. The number of nitrogens with one attached hydrogen (secondary N) is 1. The number of halogens is 1. The molecule has 0 saturated heterocycles. The molecular formula is C16H18BrNO. The molecule has 3 heteroatoms. The first kappa shape index (κ1) is 14.3. The van der Waals surface area contributed by atoms with E-state index < -0.39 is 5.54 Å². The number of benzene rings is 2. The first-order valence-corrected chi connectivity index (χ1v) is 7.09. The van der Waals surface area contributed by atoms with Crippen LogP contribution in [0.1, 0.15) is 18.1 Å². The number of aliphatic hydroxyl groups excluding tert-OH is 1. The molecule has 2 aromatic carbocycles. The van der Waals surface area contributed by atoms with Gasteiger partial charge in [-0.1, -0.05) is 58.4 Å². The number of rotatable bonds is 5. The molecule has 19 heavy (non-hydrogen) atoms. The summed E-state index contributed by atoms with van der Waals surface area (Å²) in [5.74, 6) is 0. The summed E-state index contributed by atoms with van der Waals surface area (Å²) in [6.07, 6.45) is 0. The van der Waals surface area contributed by atoms with Gasteiger partial charge in [0.15, 0.2) is 0 Å². The van der Waals surface area contributed by atoms with E-state index in [9.17, 15) is 5.11 Å². The predicted molar refractivity (Wildman–Crippen MR) is 81.9 cm³/mol. The number of hydrogen-bond donors (Lipinski definition) is 2. The van der Waals surface area contributed by atoms with Crippen LogP contribution >= 0.6 is 15.9 Å². The van der Waals surface area contributed by atoms with E-state index in [1.165, 1.54) is 5.56 Å². The summed E-state index contributed by atoms with van der Waals surface area (Å²) >= 11 is 3.43. The molecule has 0 fully saturated rings. The van der Waals surface area contributed by atoms with Crippen LogP contribution in [-0.2, 0) is 12.1 Å². The monoisotopic (exact) mass is 319 g/mol. The van der Waals surface area contributed by atoms with E-state index in [-0.39, 0.29) is 6.61 Å². The molecule has 2 nitrogen and oxygen atoms in total. The Hall–Kier alpha value is -1.16.